The van der Waals surface area contributed by atoms with Gasteiger partial charge in [-0.15, -0.1) is 0 Å². The van der Waals surface area contributed by atoms with E-state index >= 15 is 0 Å². The lowest BCUT2D eigenvalue weighted by atomic mass is 9.87. The summed E-state index contributed by atoms with van der Waals surface area (Å²) in [7, 11) is 2.06. The summed E-state index contributed by atoms with van der Waals surface area (Å²) < 4.78 is 5.17. The SMILES string of the molecule is CNC1CCN(Cc2ccno2)C(C)C1C. The van der Waals surface area contributed by atoms with E-state index in [-0.39, 0.29) is 0 Å². The van der Waals surface area contributed by atoms with Crippen molar-refractivity contribution < 1.29 is 4.52 Å². The monoisotopic (exact) mass is 223 g/mol. The molecule has 0 spiro atoms. The van der Waals surface area contributed by atoms with Gasteiger partial charge in [0.1, 0.15) is 0 Å². The van der Waals surface area contributed by atoms with Gasteiger partial charge in [-0.25, -0.2) is 0 Å². The Kier molecular flexibility index (Phi) is 3.61. The predicted octanol–water partition coefficient (Wildman–Crippen LogP) is 1.49. The number of nitrogens with zero attached hydrogens (tertiary/aromatic N) is 2. The first-order valence-electron chi connectivity index (χ1n) is 6.03. The molecule has 3 unspecified atom stereocenters. The van der Waals surface area contributed by atoms with E-state index in [9.17, 15) is 0 Å². The Morgan fingerprint density at radius 2 is 2.38 bits per heavy atom. The Balaban J connectivity index is 1.97. The van der Waals surface area contributed by atoms with Crippen LogP contribution in [0.25, 0.3) is 0 Å². The van der Waals surface area contributed by atoms with Crippen LogP contribution < -0.4 is 5.32 Å². The van der Waals surface area contributed by atoms with E-state index in [1.165, 1.54) is 6.42 Å². The van der Waals surface area contributed by atoms with Crippen LogP contribution >= 0.6 is 0 Å². The van der Waals surface area contributed by atoms with E-state index in [1.807, 2.05) is 6.07 Å². The maximum absolute atomic E-state index is 5.17. The molecule has 90 valence electrons. The minimum Gasteiger partial charge on any atom is -0.360 e. The summed E-state index contributed by atoms with van der Waals surface area (Å²) in [4.78, 5) is 2.47. The van der Waals surface area contributed by atoms with Crippen LogP contribution in [0.3, 0.4) is 0 Å². The molecule has 0 saturated carbocycles. The summed E-state index contributed by atoms with van der Waals surface area (Å²) in [5.74, 6) is 1.63. The van der Waals surface area contributed by atoms with Gasteiger partial charge in [0.05, 0.1) is 12.7 Å². The van der Waals surface area contributed by atoms with Gasteiger partial charge in [0.15, 0.2) is 5.76 Å². The number of aromatic nitrogens is 1. The average molecular weight is 223 g/mol. The molecule has 1 N–H and O–H groups in total. The van der Waals surface area contributed by atoms with Gasteiger partial charge >= 0.3 is 0 Å². The molecule has 1 saturated heterocycles. The van der Waals surface area contributed by atoms with Crippen LogP contribution in [0, 0.1) is 5.92 Å². The molecule has 1 aromatic heterocycles. The second-order valence-electron chi connectivity index (χ2n) is 4.73. The van der Waals surface area contributed by atoms with E-state index in [1.54, 1.807) is 6.20 Å². The van der Waals surface area contributed by atoms with Gasteiger partial charge in [-0.1, -0.05) is 12.1 Å². The Morgan fingerprint density at radius 1 is 1.56 bits per heavy atom. The molecule has 4 heteroatoms. The first kappa shape index (κ1) is 11.6. The van der Waals surface area contributed by atoms with Crippen LogP contribution in [-0.4, -0.2) is 35.7 Å². The van der Waals surface area contributed by atoms with Gasteiger partial charge < -0.3 is 9.84 Å². The molecule has 0 radical (unpaired) electrons. The third-order valence-corrected chi connectivity index (χ3v) is 3.92. The van der Waals surface area contributed by atoms with Gasteiger partial charge in [0.2, 0.25) is 0 Å². The molecule has 0 bridgehead atoms. The Bertz CT molecular complexity index is 312. The Morgan fingerprint density at radius 3 is 3.00 bits per heavy atom. The number of likely N-dealkylation sites (tertiary alicyclic amines) is 1. The summed E-state index contributed by atoms with van der Waals surface area (Å²) in [6, 6.07) is 3.17. The quantitative estimate of drug-likeness (QED) is 0.843. The summed E-state index contributed by atoms with van der Waals surface area (Å²) in [5.41, 5.74) is 0. The zero-order valence-corrected chi connectivity index (χ0v) is 10.3. The van der Waals surface area contributed by atoms with Crippen LogP contribution in [0.1, 0.15) is 26.0 Å². The molecule has 1 aliphatic heterocycles. The fraction of sp³-hybridized carbons (Fsp3) is 0.750. The van der Waals surface area contributed by atoms with Crippen LogP contribution in [0.4, 0.5) is 0 Å². The van der Waals surface area contributed by atoms with Crippen molar-refractivity contribution in [1.29, 1.82) is 0 Å². The number of nitrogens with one attached hydrogen (secondary N) is 1. The molecular formula is C12H21N3O. The zero-order valence-electron chi connectivity index (χ0n) is 10.3. The second-order valence-corrected chi connectivity index (χ2v) is 4.73. The topological polar surface area (TPSA) is 41.3 Å². The largest absolute Gasteiger partial charge is 0.360 e. The highest BCUT2D eigenvalue weighted by Gasteiger charge is 2.31. The summed E-state index contributed by atoms with van der Waals surface area (Å²) >= 11 is 0. The van der Waals surface area contributed by atoms with Gasteiger partial charge in [0, 0.05) is 24.7 Å². The zero-order chi connectivity index (χ0) is 11.5. The van der Waals surface area contributed by atoms with Crippen LogP contribution in [0.15, 0.2) is 16.8 Å². The number of hydrogen-bond acceptors (Lipinski definition) is 4. The van der Waals surface area contributed by atoms with E-state index < -0.39 is 0 Å². The number of piperidine rings is 1. The maximum Gasteiger partial charge on any atom is 0.150 e. The van der Waals surface area contributed by atoms with E-state index in [0.717, 1.165) is 18.8 Å². The van der Waals surface area contributed by atoms with Crippen molar-refractivity contribution in [3.63, 3.8) is 0 Å². The van der Waals surface area contributed by atoms with Crippen molar-refractivity contribution in [2.75, 3.05) is 13.6 Å². The van der Waals surface area contributed by atoms with Crippen molar-refractivity contribution in [1.82, 2.24) is 15.4 Å². The first-order chi connectivity index (χ1) is 7.72. The molecule has 2 rings (SSSR count). The van der Waals surface area contributed by atoms with Gasteiger partial charge in [-0.3, -0.25) is 4.90 Å². The highest BCUT2D eigenvalue weighted by Crippen LogP contribution is 2.24. The van der Waals surface area contributed by atoms with E-state index in [4.69, 9.17) is 4.52 Å². The molecule has 1 aliphatic rings. The lowest BCUT2D eigenvalue weighted by Gasteiger charge is -2.42. The highest BCUT2D eigenvalue weighted by atomic mass is 16.5. The molecule has 0 aromatic carbocycles. The fourth-order valence-electron chi connectivity index (χ4n) is 2.59. The molecule has 1 fully saturated rings. The molecule has 0 aliphatic carbocycles. The third kappa shape index (κ3) is 2.28. The van der Waals surface area contributed by atoms with Gasteiger partial charge in [0.25, 0.3) is 0 Å². The van der Waals surface area contributed by atoms with Crippen LogP contribution in [-0.2, 0) is 6.54 Å². The van der Waals surface area contributed by atoms with Gasteiger partial charge in [-0.05, 0) is 26.3 Å². The van der Waals surface area contributed by atoms with Crippen molar-refractivity contribution in [3.05, 3.63) is 18.0 Å². The Hall–Kier alpha value is -0.870. The van der Waals surface area contributed by atoms with Crippen molar-refractivity contribution in [3.8, 4) is 0 Å². The smallest absolute Gasteiger partial charge is 0.150 e. The van der Waals surface area contributed by atoms with Crippen LogP contribution in [0.2, 0.25) is 0 Å². The normalized spacial score (nSPS) is 31.8. The standard InChI is InChI=1S/C12H21N3O/c1-9-10(2)15(7-5-12(9)13-3)8-11-4-6-14-16-11/h4,6,9-10,12-13H,5,7-8H2,1-3H3. The summed E-state index contributed by atoms with van der Waals surface area (Å²) in [6.07, 6.45) is 2.92. The van der Waals surface area contributed by atoms with Crippen molar-refractivity contribution >= 4 is 0 Å². The average Bonchev–Trinajstić information content (AvgIpc) is 2.78. The molecule has 16 heavy (non-hydrogen) atoms. The summed E-state index contributed by atoms with van der Waals surface area (Å²) in [5, 5.41) is 7.15. The molecule has 1 aromatic rings. The molecule has 2 heterocycles. The fourth-order valence-corrected chi connectivity index (χ4v) is 2.59. The lowest BCUT2D eigenvalue weighted by Crippen LogP contribution is -2.52. The second kappa shape index (κ2) is 4.97. The Labute approximate surface area is 97.0 Å². The number of rotatable bonds is 3. The minimum atomic E-state index is 0.580. The van der Waals surface area contributed by atoms with Crippen molar-refractivity contribution in [2.45, 2.75) is 38.9 Å². The molecule has 4 nitrogen and oxygen atoms in total. The summed E-state index contributed by atoms with van der Waals surface area (Å²) in [6.45, 7) is 6.61. The highest BCUT2D eigenvalue weighted by molar-refractivity contribution is 4.96. The molecular weight excluding hydrogens is 202 g/mol. The first-order valence-corrected chi connectivity index (χ1v) is 6.03. The van der Waals surface area contributed by atoms with E-state index in [2.05, 4.69) is 36.3 Å². The minimum absolute atomic E-state index is 0.580. The lowest BCUT2D eigenvalue weighted by molar-refractivity contribution is 0.0729. The molecule has 3 atom stereocenters. The number of hydrogen-bond donors (Lipinski definition) is 1. The van der Waals surface area contributed by atoms with Gasteiger partial charge in [-0.2, -0.15) is 0 Å². The van der Waals surface area contributed by atoms with E-state index in [0.29, 0.717) is 18.0 Å². The maximum atomic E-state index is 5.17. The van der Waals surface area contributed by atoms with Crippen LogP contribution in [0.5, 0.6) is 0 Å². The molecule has 0 amide bonds. The third-order valence-electron chi connectivity index (χ3n) is 3.92. The van der Waals surface area contributed by atoms with Crippen molar-refractivity contribution in [2.24, 2.45) is 5.92 Å². The predicted molar refractivity (Wildman–Crippen MR) is 63.0 cm³/mol.